The van der Waals surface area contributed by atoms with Gasteiger partial charge < -0.3 is 9.47 Å². The number of rotatable bonds is 0. The summed E-state index contributed by atoms with van der Waals surface area (Å²) in [7, 11) is 0. The number of ether oxygens (including phenoxy) is 3. The van der Waals surface area contributed by atoms with Crippen molar-refractivity contribution < 1.29 is 14.2 Å². The van der Waals surface area contributed by atoms with Gasteiger partial charge in [-0.05, 0) is 75.2 Å². The first-order chi connectivity index (χ1) is 12.4. The standard InChI is InChI=1S/C23H27IO3/c1-12-8-13(22(2,3)4)9-15-18(12)25-21-16-10-14(23(5,6)7)11-17(24)19(16)26-20(15)27-21/h8-11,20-21H,1-7H3. The number of benzene rings is 2. The van der Waals surface area contributed by atoms with Gasteiger partial charge in [-0.3, -0.25) is 4.74 Å². The van der Waals surface area contributed by atoms with Crippen LogP contribution in [0.15, 0.2) is 24.3 Å². The van der Waals surface area contributed by atoms with Crippen molar-refractivity contribution in [2.45, 2.75) is 71.9 Å². The lowest BCUT2D eigenvalue weighted by molar-refractivity contribution is -0.228. The highest BCUT2D eigenvalue weighted by atomic mass is 127. The molecule has 2 atom stereocenters. The Balaban J connectivity index is 1.82. The van der Waals surface area contributed by atoms with Gasteiger partial charge in [0.1, 0.15) is 11.5 Å². The lowest BCUT2D eigenvalue weighted by Gasteiger charge is -2.40. The average molecular weight is 478 g/mol. The fourth-order valence-electron chi connectivity index (χ4n) is 3.57. The molecule has 0 saturated carbocycles. The van der Waals surface area contributed by atoms with Crippen LogP contribution in [0.25, 0.3) is 0 Å². The molecule has 0 aliphatic carbocycles. The molecular formula is C23H27IO3. The normalized spacial score (nSPS) is 21.0. The SMILES string of the molecule is Cc1cc(C(C)(C)C)cc2c1OC1OC2Oc2c(I)cc(C(C)(C)C)cc21. The molecule has 0 saturated heterocycles. The summed E-state index contributed by atoms with van der Waals surface area (Å²) in [5, 5.41) is 0. The number of halogens is 1. The molecule has 2 aromatic carbocycles. The number of fused-ring (bicyclic) bond motifs is 6. The van der Waals surface area contributed by atoms with Crippen molar-refractivity contribution in [3.63, 3.8) is 0 Å². The second-order valence-electron chi connectivity index (χ2n) is 9.62. The van der Waals surface area contributed by atoms with Gasteiger partial charge in [-0.15, -0.1) is 0 Å². The van der Waals surface area contributed by atoms with Gasteiger partial charge in [0.05, 0.1) is 14.7 Å². The van der Waals surface area contributed by atoms with Gasteiger partial charge in [0.15, 0.2) is 0 Å². The molecule has 2 unspecified atom stereocenters. The molecule has 2 aliphatic rings. The summed E-state index contributed by atoms with van der Waals surface area (Å²) in [5.41, 5.74) is 5.71. The first-order valence-electron chi connectivity index (χ1n) is 9.43. The zero-order chi connectivity index (χ0) is 19.7. The van der Waals surface area contributed by atoms with Gasteiger partial charge in [-0.2, -0.15) is 0 Å². The van der Waals surface area contributed by atoms with Crippen LogP contribution in [0.3, 0.4) is 0 Å². The van der Waals surface area contributed by atoms with Crippen LogP contribution in [0.4, 0.5) is 0 Å². The summed E-state index contributed by atoms with van der Waals surface area (Å²) >= 11 is 2.36. The van der Waals surface area contributed by atoms with E-state index in [0.717, 1.165) is 31.8 Å². The maximum atomic E-state index is 6.34. The molecule has 0 N–H and O–H groups in total. The van der Waals surface area contributed by atoms with E-state index in [9.17, 15) is 0 Å². The Hall–Kier alpha value is -1.27. The second kappa shape index (κ2) is 6.11. The molecular weight excluding hydrogens is 451 g/mol. The third-order valence-corrected chi connectivity index (χ3v) is 6.11. The van der Waals surface area contributed by atoms with Gasteiger partial charge in [0, 0.05) is 0 Å². The number of hydrogen-bond donors (Lipinski definition) is 0. The monoisotopic (exact) mass is 478 g/mol. The van der Waals surface area contributed by atoms with Gasteiger partial charge in [-0.1, -0.05) is 47.6 Å². The van der Waals surface area contributed by atoms with Crippen molar-refractivity contribution >= 4 is 22.6 Å². The van der Waals surface area contributed by atoms with E-state index >= 15 is 0 Å². The molecule has 27 heavy (non-hydrogen) atoms. The Morgan fingerprint density at radius 1 is 0.741 bits per heavy atom. The summed E-state index contributed by atoms with van der Waals surface area (Å²) in [6.45, 7) is 15.4. The molecule has 0 radical (unpaired) electrons. The molecule has 0 aromatic heterocycles. The van der Waals surface area contributed by atoms with E-state index in [0.29, 0.717) is 0 Å². The molecule has 0 spiro atoms. The van der Waals surface area contributed by atoms with E-state index in [2.05, 4.69) is 95.3 Å². The van der Waals surface area contributed by atoms with Crippen molar-refractivity contribution in [1.82, 2.24) is 0 Å². The molecule has 2 aliphatic heterocycles. The Morgan fingerprint density at radius 3 is 1.78 bits per heavy atom. The smallest absolute Gasteiger partial charge is 0.234 e. The van der Waals surface area contributed by atoms with E-state index in [4.69, 9.17) is 14.2 Å². The molecule has 4 rings (SSSR count). The number of aryl methyl sites for hydroxylation is 1. The maximum absolute atomic E-state index is 6.34. The van der Waals surface area contributed by atoms with E-state index < -0.39 is 12.6 Å². The van der Waals surface area contributed by atoms with Crippen molar-refractivity contribution in [3.8, 4) is 11.5 Å². The molecule has 4 heteroatoms. The fourth-order valence-corrected chi connectivity index (χ4v) is 4.35. The second-order valence-corrected chi connectivity index (χ2v) is 10.8. The largest absolute Gasteiger partial charge is 0.459 e. The predicted molar refractivity (Wildman–Crippen MR) is 116 cm³/mol. The molecule has 144 valence electrons. The first-order valence-corrected chi connectivity index (χ1v) is 10.5. The summed E-state index contributed by atoms with van der Waals surface area (Å²) in [4.78, 5) is 0. The average Bonchev–Trinajstić information content (AvgIpc) is 2.54. The van der Waals surface area contributed by atoms with Gasteiger partial charge in [0.25, 0.3) is 0 Å². The van der Waals surface area contributed by atoms with Crippen LogP contribution in [0.5, 0.6) is 11.5 Å². The van der Waals surface area contributed by atoms with Gasteiger partial charge in [0.2, 0.25) is 12.6 Å². The highest BCUT2D eigenvalue weighted by Gasteiger charge is 2.40. The summed E-state index contributed by atoms with van der Waals surface area (Å²) < 4.78 is 20.0. The molecule has 2 aromatic rings. The minimum atomic E-state index is -0.429. The Kier molecular flexibility index (Phi) is 4.32. The van der Waals surface area contributed by atoms with E-state index in [1.54, 1.807) is 0 Å². The van der Waals surface area contributed by atoms with Gasteiger partial charge in [-0.25, -0.2) is 0 Å². The Labute approximate surface area is 175 Å². The lowest BCUT2D eigenvalue weighted by Crippen LogP contribution is -2.32. The number of hydrogen-bond acceptors (Lipinski definition) is 3. The van der Waals surface area contributed by atoms with Crippen LogP contribution in [0, 0.1) is 10.5 Å². The Bertz CT molecular complexity index is 843. The molecule has 2 heterocycles. The molecule has 3 nitrogen and oxygen atoms in total. The summed E-state index contributed by atoms with van der Waals surface area (Å²) in [5.74, 6) is 1.78. The first kappa shape index (κ1) is 19.1. The molecule has 0 amide bonds. The fraction of sp³-hybridized carbons (Fsp3) is 0.478. The van der Waals surface area contributed by atoms with Crippen LogP contribution in [0.2, 0.25) is 0 Å². The minimum Gasteiger partial charge on any atom is -0.459 e. The van der Waals surface area contributed by atoms with Crippen molar-refractivity contribution in [3.05, 3.63) is 55.7 Å². The highest BCUT2D eigenvalue weighted by Crippen LogP contribution is 2.51. The summed E-state index contributed by atoms with van der Waals surface area (Å²) in [6, 6.07) is 8.77. The quantitative estimate of drug-likeness (QED) is 0.395. The maximum Gasteiger partial charge on any atom is 0.234 e. The molecule has 0 fully saturated rings. The van der Waals surface area contributed by atoms with E-state index in [1.165, 1.54) is 11.1 Å². The minimum absolute atomic E-state index is 0.0515. The predicted octanol–water partition coefficient (Wildman–Crippen LogP) is 6.69. The van der Waals surface area contributed by atoms with Crippen molar-refractivity contribution in [2.75, 3.05) is 0 Å². The van der Waals surface area contributed by atoms with Gasteiger partial charge >= 0.3 is 0 Å². The Morgan fingerprint density at radius 2 is 1.22 bits per heavy atom. The van der Waals surface area contributed by atoms with Crippen molar-refractivity contribution in [2.24, 2.45) is 0 Å². The van der Waals surface area contributed by atoms with Crippen LogP contribution < -0.4 is 9.47 Å². The molecule has 2 bridgehead atoms. The van der Waals surface area contributed by atoms with E-state index in [-0.39, 0.29) is 10.8 Å². The third-order valence-electron chi connectivity index (χ3n) is 5.31. The zero-order valence-electron chi connectivity index (χ0n) is 17.1. The topological polar surface area (TPSA) is 27.7 Å². The van der Waals surface area contributed by atoms with Crippen molar-refractivity contribution in [1.29, 1.82) is 0 Å². The summed E-state index contributed by atoms with van der Waals surface area (Å²) in [6.07, 6.45) is -0.859. The van der Waals surface area contributed by atoms with E-state index in [1.807, 2.05) is 0 Å². The van der Waals surface area contributed by atoms with Crippen LogP contribution in [-0.2, 0) is 15.6 Å². The third kappa shape index (κ3) is 3.25. The zero-order valence-corrected chi connectivity index (χ0v) is 19.2. The van der Waals surface area contributed by atoms with Crippen LogP contribution in [0.1, 0.15) is 81.9 Å². The van der Waals surface area contributed by atoms with Crippen LogP contribution in [-0.4, -0.2) is 0 Å². The highest BCUT2D eigenvalue weighted by molar-refractivity contribution is 14.1. The van der Waals surface area contributed by atoms with Crippen LogP contribution >= 0.6 is 22.6 Å². The lowest BCUT2D eigenvalue weighted by atomic mass is 9.84.